The molecule has 2 heterocycles. The SMILES string of the molecule is C[C@H](Oc1ccc2c(c1)OCc1ccc(-c3cn[nH]c3)cc1-2)C(N)=O. The minimum absolute atomic E-state index is 0.489. The molecule has 6 heteroatoms. The Bertz CT molecular complexity index is 935. The Hall–Kier alpha value is -3.28. The second kappa shape index (κ2) is 5.98. The molecule has 3 aromatic rings. The van der Waals surface area contributed by atoms with E-state index < -0.39 is 12.0 Å². The second-order valence-electron chi connectivity index (χ2n) is 5.97. The van der Waals surface area contributed by atoms with Crippen LogP contribution in [0.25, 0.3) is 22.3 Å². The number of fused-ring (bicyclic) bond motifs is 3. The maximum Gasteiger partial charge on any atom is 0.258 e. The predicted molar refractivity (Wildman–Crippen MR) is 93.1 cm³/mol. The van der Waals surface area contributed by atoms with Gasteiger partial charge in [0, 0.05) is 23.4 Å². The molecule has 126 valence electrons. The summed E-state index contributed by atoms with van der Waals surface area (Å²) in [4.78, 5) is 11.2. The number of benzene rings is 2. The fourth-order valence-electron chi connectivity index (χ4n) is 2.88. The van der Waals surface area contributed by atoms with Gasteiger partial charge in [0.2, 0.25) is 0 Å². The molecule has 0 fully saturated rings. The number of carbonyl (C=O) groups is 1. The van der Waals surface area contributed by atoms with Crippen molar-refractivity contribution in [1.82, 2.24) is 10.2 Å². The summed E-state index contributed by atoms with van der Waals surface area (Å²) in [6, 6.07) is 11.8. The molecule has 0 radical (unpaired) electrons. The third-order valence-corrected chi connectivity index (χ3v) is 4.28. The first-order chi connectivity index (χ1) is 12.1. The van der Waals surface area contributed by atoms with Gasteiger partial charge in [-0.2, -0.15) is 5.10 Å². The summed E-state index contributed by atoms with van der Waals surface area (Å²) < 4.78 is 11.4. The Morgan fingerprint density at radius 3 is 2.88 bits per heavy atom. The van der Waals surface area contributed by atoms with Crippen LogP contribution in [0.2, 0.25) is 0 Å². The van der Waals surface area contributed by atoms with E-state index in [0.717, 1.165) is 33.6 Å². The maximum absolute atomic E-state index is 11.2. The molecule has 0 saturated carbocycles. The van der Waals surface area contributed by atoms with E-state index in [1.807, 2.05) is 18.3 Å². The van der Waals surface area contributed by atoms with E-state index in [4.69, 9.17) is 15.2 Å². The van der Waals surface area contributed by atoms with Crippen molar-refractivity contribution < 1.29 is 14.3 Å². The number of amides is 1. The summed E-state index contributed by atoms with van der Waals surface area (Å²) in [5.41, 5.74) is 10.6. The zero-order chi connectivity index (χ0) is 17.4. The van der Waals surface area contributed by atoms with Gasteiger partial charge in [-0.1, -0.05) is 12.1 Å². The standard InChI is InChI=1S/C19H17N3O3/c1-11(19(20)23)25-15-4-5-16-17-6-12(14-8-21-22-9-14)2-3-13(17)10-24-18(16)7-15/h2-9,11H,10H2,1H3,(H2,20,23)(H,21,22)/t11-/m0/s1. The van der Waals surface area contributed by atoms with Crippen LogP contribution < -0.4 is 15.2 Å². The molecule has 4 rings (SSSR count). The van der Waals surface area contributed by atoms with Gasteiger partial charge in [-0.15, -0.1) is 0 Å². The molecule has 0 spiro atoms. The van der Waals surface area contributed by atoms with Crippen molar-refractivity contribution in [1.29, 1.82) is 0 Å². The first kappa shape index (κ1) is 15.3. The summed E-state index contributed by atoms with van der Waals surface area (Å²) in [7, 11) is 0. The minimum atomic E-state index is -0.693. The first-order valence-electron chi connectivity index (χ1n) is 7.97. The van der Waals surface area contributed by atoms with Crippen LogP contribution in [0.4, 0.5) is 0 Å². The molecule has 2 aromatic carbocycles. The maximum atomic E-state index is 11.2. The van der Waals surface area contributed by atoms with Crippen molar-refractivity contribution in [3.8, 4) is 33.8 Å². The van der Waals surface area contributed by atoms with Crippen LogP contribution in [0.1, 0.15) is 12.5 Å². The van der Waals surface area contributed by atoms with Crippen molar-refractivity contribution in [2.45, 2.75) is 19.6 Å². The molecule has 1 aromatic heterocycles. The topological polar surface area (TPSA) is 90.2 Å². The Morgan fingerprint density at radius 1 is 1.24 bits per heavy atom. The number of hydrogen-bond acceptors (Lipinski definition) is 4. The summed E-state index contributed by atoms with van der Waals surface area (Å²) >= 11 is 0. The number of aromatic amines is 1. The average Bonchev–Trinajstić information content (AvgIpc) is 3.15. The molecular weight excluding hydrogens is 318 g/mol. The van der Waals surface area contributed by atoms with Gasteiger partial charge in [0.05, 0.1) is 6.20 Å². The lowest BCUT2D eigenvalue weighted by atomic mass is 9.93. The average molecular weight is 335 g/mol. The predicted octanol–water partition coefficient (Wildman–Crippen LogP) is 2.89. The number of H-pyrrole nitrogens is 1. The summed E-state index contributed by atoms with van der Waals surface area (Å²) in [5.74, 6) is 0.777. The highest BCUT2D eigenvalue weighted by Gasteiger charge is 2.20. The van der Waals surface area contributed by atoms with Gasteiger partial charge >= 0.3 is 0 Å². The quantitative estimate of drug-likeness (QED) is 0.767. The van der Waals surface area contributed by atoms with E-state index in [1.54, 1.807) is 19.2 Å². The van der Waals surface area contributed by atoms with E-state index >= 15 is 0 Å². The van der Waals surface area contributed by atoms with E-state index in [1.165, 1.54) is 0 Å². The van der Waals surface area contributed by atoms with Crippen LogP contribution in [0, 0.1) is 0 Å². The van der Waals surface area contributed by atoms with E-state index in [2.05, 4.69) is 28.4 Å². The molecule has 1 aliphatic rings. The summed E-state index contributed by atoms with van der Waals surface area (Å²) in [5, 5.41) is 6.84. The van der Waals surface area contributed by atoms with Gasteiger partial charge in [0.25, 0.3) is 5.91 Å². The number of carbonyl (C=O) groups excluding carboxylic acids is 1. The third-order valence-electron chi connectivity index (χ3n) is 4.28. The number of nitrogens with two attached hydrogens (primary N) is 1. The molecule has 1 aliphatic heterocycles. The van der Waals surface area contributed by atoms with Gasteiger partial charge in [-0.3, -0.25) is 9.89 Å². The molecule has 0 bridgehead atoms. The van der Waals surface area contributed by atoms with Crippen molar-refractivity contribution >= 4 is 5.91 Å². The number of ether oxygens (including phenoxy) is 2. The summed E-state index contributed by atoms with van der Waals surface area (Å²) in [6.45, 7) is 2.11. The molecule has 1 amide bonds. The van der Waals surface area contributed by atoms with Crippen LogP contribution in [-0.2, 0) is 11.4 Å². The Labute approximate surface area is 144 Å². The van der Waals surface area contributed by atoms with Crippen LogP contribution in [0.5, 0.6) is 11.5 Å². The lowest BCUT2D eigenvalue weighted by molar-refractivity contribution is -0.123. The van der Waals surface area contributed by atoms with Gasteiger partial charge in [-0.05, 0) is 41.8 Å². The summed E-state index contributed by atoms with van der Waals surface area (Å²) in [6.07, 6.45) is 2.97. The fraction of sp³-hybridized carbons (Fsp3) is 0.158. The van der Waals surface area contributed by atoms with E-state index in [9.17, 15) is 4.79 Å². The highest BCUT2D eigenvalue weighted by molar-refractivity contribution is 5.81. The third kappa shape index (κ3) is 2.82. The Balaban J connectivity index is 1.71. The molecule has 0 aliphatic carbocycles. The van der Waals surface area contributed by atoms with Crippen molar-refractivity contribution in [2.24, 2.45) is 5.73 Å². The van der Waals surface area contributed by atoms with Gasteiger partial charge in [-0.25, -0.2) is 0 Å². The normalized spacial score (nSPS) is 13.3. The molecule has 1 atom stereocenters. The van der Waals surface area contributed by atoms with E-state index in [-0.39, 0.29) is 0 Å². The fourth-order valence-corrected chi connectivity index (χ4v) is 2.88. The van der Waals surface area contributed by atoms with Crippen LogP contribution in [0.15, 0.2) is 48.8 Å². The number of hydrogen-bond donors (Lipinski definition) is 2. The molecule has 0 saturated heterocycles. The van der Waals surface area contributed by atoms with Crippen LogP contribution in [0.3, 0.4) is 0 Å². The zero-order valence-electron chi connectivity index (χ0n) is 13.7. The monoisotopic (exact) mass is 335 g/mol. The highest BCUT2D eigenvalue weighted by Crippen LogP contribution is 2.41. The minimum Gasteiger partial charge on any atom is -0.488 e. The van der Waals surface area contributed by atoms with Crippen molar-refractivity contribution in [3.05, 3.63) is 54.4 Å². The number of primary amides is 1. The lowest BCUT2D eigenvalue weighted by Gasteiger charge is -2.22. The second-order valence-corrected chi connectivity index (χ2v) is 5.97. The van der Waals surface area contributed by atoms with Gasteiger partial charge in [0.15, 0.2) is 6.10 Å². The van der Waals surface area contributed by atoms with Crippen molar-refractivity contribution in [3.63, 3.8) is 0 Å². The molecular formula is C19H17N3O3. The smallest absolute Gasteiger partial charge is 0.258 e. The Morgan fingerprint density at radius 2 is 2.12 bits per heavy atom. The zero-order valence-corrected chi connectivity index (χ0v) is 13.7. The molecule has 3 N–H and O–H groups in total. The molecule has 6 nitrogen and oxygen atoms in total. The largest absolute Gasteiger partial charge is 0.488 e. The van der Waals surface area contributed by atoms with Gasteiger partial charge in [0.1, 0.15) is 18.1 Å². The first-order valence-corrected chi connectivity index (χ1v) is 7.97. The number of rotatable bonds is 4. The molecule has 25 heavy (non-hydrogen) atoms. The van der Waals surface area contributed by atoms with Gasteiger partial charge < -0.3 is 15.2 Å². The van der Waals surface area contributed by atoms with E-state index in [0.29, 0.717) is 12.4 Å². The number of aromatic nitrogens is 2. The van der Waals surface area contributed by atoms with Crippen LogP contribution >= 0.6 is 0 Å². The van der Waals surface area contributed by atoms with Crippen molar-refractivity contribution in [2.75, 3.05) is 0 Å². The number of nitrogens with zero attached hydrogens (tertiary/aromatic N) is 1. The highest BCUT2D eigenvalue weighted by atomic mass is 16.5. The molecule has 0 unspecified atom stereocenters. The lowest BCUT2D eigenvalue weighted by Crippen LogP contribution is -2.30. The number of nitrogens with one attached hydrogen (secondary N) is 1. The van der Waals surface area contributed by atoms with Crippen LogP contribution in [-0.4, -0.2) is 22.2 Å². The Kier molecular flexibility index (Phi) is 3.65.